The number of aliphatic carboxylic acids is 1. The molecule has 0 saturated heterocycles. The smallest absolute Gasteiger partial charge is 0.320 e. The Morgan fingerprint density at radius 1 is 1.50 bits per heavy atom. The Bertz CT molecular complexity index is 220. The van der Waals surface area contributed by atoms with Crippen LogP contribution in [0.2, 0.25) is 0 Å². The monoisotopic (exact) mass is 200 g/mol. The third-order valence-electron chi connectivity index (χ3n) is 1.54. The van der Waals surface area contributed by atoms with Gasteiger partial charge in [0.1, 0.15) is 0 Å². The first kappa shape index (κ1) is 12.7. The van der Waals surface area contributed by atoms with E-state index in [4.69, 9.17) is 9.84 Å². The summed E-state index contributed by atoms with van der Waals surface area (Å²) >= 11 is 0. The molecule has 0 fully saturated rings. The highest BCUT2D eigenvalue weighted by atomic mass is 16.5. The van der Waals surface area contributed by atoms with Crippen molar-refractivity contribution in [3.05, 3.63) is 12.7 Å². The van der Waals surface area contributed by atoms with Gasteiger partial charge in [-0.3, -0.25) is 9.59 Å². The normalized spacial score (nSPS) is 12.2. The van der Waals surface area contributed by atoms with E-state index in [1.807, 2.05) is 13.8 Å². The van der Waals surface area contributed by atoms with Crippen molar-refractivity contribution >= 4 is 11.9 Å². The van der Waals surface area contributed by atoms with Gasteiger partial charge in [0.05, 0.1) is 6.61 Å². The molecule has 0 spiro atoms. The molecule has 80 valence electrons. The van der Waals surface area contributed by atoms with Gasteiger partial charge in [-0.2, -0.15) is 0 Å². The van der Waals surface area contributed by atoms with Crippen molar-refractivity contribution in [3.63, 3.8) is 0 Å². The van der Waals surface area contributed by atoms with Crippen LogP contribution in [0, 0.1) is 11.8 Å². The number of rotatable bonds is 6. The molecule has 0 aromatic carbocycles. The molecule has 14 heavy (non-hydrogen) atoms. The highest BCUT2D eigenvalue weighted by Gasteiger charge is 2.26. The zero-order valence-corrected chi connectivity index (χ0v) is 8.53. The summed E-state index contributed by atoms with van der Waals surface area (Å²) in [5.41, 5.74) is 0. The Morgan fingerprint density at radius 2 is 2.07 bits per heavy atom. The largest absolute Gasteiger partial charge is 0.481 e. The lowest BCUT2D eigenvalue weighted by atomic mass is 10.1. The van der Waals surface area contributed by atoms with Crippen LogP contribution in [0.3, 0.4) is 0 Å². The highest BCUT2D eigenvalue weighted by molar-refractivity contribution is 5.94. The summed E-state index contributed by atoms with van der Waals surface area (Å²) in [5, 5.41) is 8.69. The van der Waals surface area contributed by atoms with E-state index in [2.05, 4.69) is 6.58 Å². The van der Waals surface area contributed by atoms with E-state index < -0.39 is 17.9 Å². The average Bonchev–Trinajstić information content (AvgIpc) is 2.09. The van der Waals surface area contributed by atoms with E-state index in [0.717, 1.165) is 0 Å². The van der Waals surface area contributed by atoms with Crippen LogP contribution < -0.4 is 0 Å². The first-order chi connectivity index (χ1) is 6.49. The van der Waals surface area contributed by atoms with Crippen LogP contribution in [-0.4, -0.2) is 23.7 Å². The van der Waals surface area contributed by atoms with E-state index in [1.165, 1.54) is 6.08 Å². The molecule has 0 heterocycles. The molecule has 0 aliphatic heterocycles. The number of hydrogen-bond acceptors (Lipinski definition) is 3. The molecular weight excluding hydrogens is 184 g/mol. The van der Waals surface area contributed by atoms with Gasteiger partial charge in [-0.1, -0.05) is 19.9 Å². The summed E-state index contributed by atoms with van der Waals surface area (Å²) in [7, 11) is 0. The molecule has 0 amide bonds. The number of carbonyl (C=O) groups is 2. The van der Waals surface area contributed by atoms with Gasteiger partial charge in [0.25, 0.3) is 0 Å². The van der Waals surface area contributed by atoms with Crippen LogP contribution in [0.15, 0.2) is 12.7 Å². The molecule has 0 aromatic rings. The molecule has 4 nitrogen and oxygen atoms in total. The Labute approximate surface area is 83.6 Å². The lowest BCUT2D eigenvalue weighted by molar-refractivity contribution is -0.159. The summed E-state index contributed by atoms with van der Waals surface area (Å²) in [6.45, 7) is 7.41. The standard InChI is InChI=1S/C10H16O4/c1-4-5-8(9(11)12)10(13)14-6-7(2)3/h4,7-8H,1,5-6H2,2-3H3,(H,11,12). The summed E-state index contributed by atoms with van der Waals surface area (Å²) in [6, 6.07) is 0. The minimum absolute atomic E-state index is 0.103. The molecule has 0 bridgehead atoms. The number of carboxylic acid groups (broad SMARTS) is 1. The van der Waals surface area contributed by atoms with Crippen molar-refractivity contribution < 1.29 is 19.4 Å². The number of carbonyl (C=O) groups excluding carboxylic acids is 1. The van der Waals surface area contributed by atoms with Gasteiger partial charge in [-0.25, -0.2) is 0 Å². The zero-order chi connectivity index (χ0) is 11.1. The first-order valence-electron chi connectivity index (χ1n) is 4.49. The van der Waals surface area contributed by atoms with Gasteiger partial charge in [0.2, 0.25) is 0 Å². The summed E-state index contributed by atoms with van der Waals surface area (Å²) in [6.07, 6.45) is 1.50. The maximum atomic E-state index is 11.2. The SMILES string of the molecule is C=CCC(C(=O)O)C(=O)OCC(C)C. The highest BCUT2D eigenvalue weighted by Crippen LogP contribution is 2.08. The van der Waals surface area contributed by atoms with Gasteiger partial charge in [0.15, 0.2) is 5.92 Å². The minimum atomic E-state index is -1.17. The predicted molar refractivity (Wildman–Crippen MR) is 51.7 cm³/mol. The zero-order valence-electron chi connectivity index (χ0n) is 8.53. The van der Waals surface area contributed by atoms with E-state index in [1.54, 1.807) is 0 Å². The Kier molecular flexibility index (Phi) is 5.60. The van der Waals surface area contributed by atoms with Crippen LogP contribution in [0.1, 0.15) is 20.3 Å². The van der Waals surface area contributed by atoms with Gasteiger partial charge in [0, 0.05) is 0 Å². The molecule has 1 atom stereocenters. The third-order valence-corrected chi connectivity index (χ3v) is 1.54. The molecule has 0 aliphatic carbocycles. The summed E-state index contributed by atoms with van der Waals surface area (Å²) < 4.78 is 4.81. The van der Waals surface area contributed by atoms with Gasteiger partial charge < -0.3 is 9.84 Å². The number of allylic oxidation sites excluding steroid dienone is 1. The fraction of sp³-hybridized carbons (Fsp3) is 0.600. The van der Waals surface area contributed by atoms with Gasteiger partial charge in [-0.05, 0) is 12.3 Å². The van der Waals surface area contributed by atoms with Crippen LogP contribution in [0.25, 0.3) is 0 Å². The molecule has 0 saturated carbocycles. The van der Waals surface area contributed by atoms with E-state index in [-0.39, 0.29) is 18.9 Å². The fourth-order valence-electron chi connectivity index (χ4n) is 0.814. The number of ether oxygens (including phenoxy) is 1. The quantitative estimate of drug-likeness (QED) is 0.400. The average molecular weight is 200 g/mol. The van der Waals surface area contributed by atoms with Crippen molar-refractivity contribution in [2.45, 2.75) is 20.3 Å². The Balaban J connectivity index is 4.15. The number of hydrogen-bond donors (Lipinski definition) is 1. The van der Waals surface area contributed by atoms with E-state index >= 15 is 0 Å². The lowest BCUT2D eigenvalue weighted by Gasteiger charge is -2.11. The summed E-state index contributed by atoms with van der Waals surface area (Å²) in [5.74, 6) is -2.77. The van der Waals surface area contributed by atoms with Gasteiger partial charge in [-0.15, -0.1) is 6.58 Å². The second kappa shape index (κ2) is 6.18. The predicted octanol–water partition coefficient (Wildman–Crippen LogP) is 1.46. The van der Waals surface area contributed by atoms with Crippen molar-refractivity contribution in [2.75, 3.05) is 6.61 Å². The lowest BCUT2D eigenvalue weighted by Crippen LogP contribution is -2.26. The Morgan fingerprint density at radius 3 is 2.43 bits per heavy atom. The molecule has 0 radical (unpaired) electrons. The fourth-order valence-corrected chi connectivity index (χ4v) is 0.814. The molecule has 0 aliphatic rings. The maximum Gasteiger partial charge on any atom is 0.320 e. The van der Waals surface area contributed by atoms with Crippen LogP contribution in [0.5, 0.6) is 0 Å². The van der Waals surface area contributed by atoms with Crippen LogP contribution >= 0.6 is 0 Å². The molecular formula is C10H16O4. The molecule has 0 rings (SSSR count). The molecule has 4 heteroatoms. The van der Waals surface area contributed by atoms with E-state index in [9.17, 15) is 9.59 Å². The maximum absolute atomic E-state index is 11.2. The van der Waals surface area contributed by atoms with Crippen molar-refractivity contribution in [3.8, 4) is 0 Å². The molecule has 1 N–H and O–H groups in total. The Hall–Kier alpha value is -1.32. The van der Waals surface area contributed by atoms with Crippen molar-refractivity contribution in [1.29, 1.82) is 0 Å². The van der Waals surface area contributed by atoms with Gasteiger partial charge >= 0.3 is 11.9 Å². The third kappa shape index (κ3) is 4.64. The topological polar surface area (TPSA) is 63.6 Å². The van der Waals surface area contributed by atoms with Crippen molar-refractivity contribution in [2.24, 2.45) is 11.8 Å². The van der Waals surface area contributed by atoms with E-state index in [0.29, 0.717) is 0 Å². The van der Waals surface area contributed by atoms with Crippen LogP contribution in [0.4, 0.5) is 0 Å². The van der Waals surface area contributed by atoms with Crippen molar-refractivity contribution in [1.82, 2.24) is 0 Å². The first-order valence-corrected chi connectivity index (χ1v) is 4.49. The number of carboxylic acids is 1. The second-order valence-electron chi connectivity index (χ2n) is 3.44. The van der Waals surface area contributed by atoms with Crippen LogP contribution in [-0.2, 0) is 14.3 Å². The summed E-state index contributed by atoms with van der Waals surface area (Å²) in [4.78, 5) is 21.9. The molecule has 1 unspecified atom stereocenters. The number of esters is 1. The second-order valence-corrected chi connectivity index (χ2v) is 3.44. The molecule has 0 aromatic heterocycles. The minimum Gasteiger partial charge on any atom is -0.481 e.